The molecule has 0 atom stereocenters. The van der Waals surface area contributed by atoms with Crippen LogP contribution in [-0.2, 0) is 0 Å². The third kappa shape index (κ3) is 2.89. The van der Waals surface area contributed by atoms with Gasteiger partial charge in [-0.2, -0.15) is 0 Å². The fraction of sp³-hybridized carbons (Fsp3) is 0.0769. The summed E-state index contributed by atoms with van der Waals surface area (Å²) >= 11 is 9.17. The number of halogens is 2. The van der Waals surface area contributed by atoms with E-state index in [1.807, 2.05) is 31.2 Å². The molecule has 92 valence electrons. The lowest BCUT2D eigenvalue weighted by molar-refractivity contribution is 0.102. The molecule has 0 bridgehead atoms. The first kappa shape index (κ1) is 13.1. The van der Waals surface area contributed by atoms with Crippen molar-refractivity contribution in [1.29, 1.82) is 0 Å². The van der Waals surface area contributed by atoms with Crippen LogP contribution in [0.15, 0.2) is 41.0 Å². The molecule has 0 unspecified atom stereocenters. The fourth-order valence-electron chi connectivity index (χ4n) is 1.48. The monoisotopic (exact) mass is 324 g/mol. The van der Waals surface area contributed by atoms with Gasteiger partial charge in [0.05, 0.1) is 5.56 Å². The molecule has 1 heterocycles. The van der Waals surface area contributed by atoms with Crippen molar-refractivity contribution in [2.24, 2.45) is 0 Å². The number of hydrogen-bond acceptors (Lipinski definition) is 2. The molecular formula is C13H10BrClN2O. The Morgan fingerprint density at radius 3 is 2.83 bits per heavy atom. The van der Waals surface area contributed by atoms with Crippen LogP contribution in [0.2, 0.25) is 5.15 Å². The SMILES string of the molecule is Cc1ccccc1NC(=O)c1cc(Br)cnc1Cl. The van der Waals surface area contributed by atoms with E-state index in [-0.39, 0.29) is 11.1 Å². The Hall–Kier alpha value is -1.39. The van der Waals surface area contributed by atoms with Crippen molar-refractivity contribution < 1.29 is 4.79 Å². The van der Waals surface area contributed by atoms with E-state index in [1.165, 1.54) is 0 Å². The van der Waals surface area contributed by atoms with Crippen LogP contribution in [0.1, 0.15) is 15.9 Å². The fourth-order valence-corrected chi connectivity index (χ4v) is 2.01. The highest BCUT2D eigenvalue weighted by molar-refractivity contribution is 9.10. The van der Waals surface area contributed by atoms with E-state index in [0.29, 0.717) is 10.0 Å². The number of benzene rings is 1. The van der Waals surface area contributed by atoms with Crippen molar-refractivity contribution in [3.63, 3.8) is 0 Å². The van der Waals surface area contributed by atoms with Gasteiger partial charge in [-0.25, -0.2) is 4.98 Å². The summed E-state index contributed by atoms with van der Waals surface area (Å²) in [6.45, 7) is 1.93. The molecule has 0 saturated carbocycles. The minimum Gasteiger partial charge on any atom is -0.322 e. The van der Waals surface area contributed by atoms with Gasteiger partial charge in [-0.3, -0.25) is 4.79 Å². The molecule has 1 aromatic heterocycles. The Morgan fingerprint density at radius 2 is 2.11 bits per heavy atom. The first-order chi connectivity index (χ1) is 8.58. The van der Waals surface area contributed by atoms with Crippen LogP contribution < -0.4 is 5.32 Å². The Morgan fingerprint density at radius 1 is 1.39 bits per heavy atom. The number of nitrogens with one attached hydrogen (secondary N) is 1. The first-order valence-corrected chi connectivity index (χ1v) is 6.43. The molecule has 3 nitrogen and oxygen atoms in total. The van der Waals surface area contributed by atoms with Crippen LogP contribution in [0.4, 0.5) is 5.69 Å². The number of para-hydroxylation sites is 1. The van der Waals surface area contributed by atoms with Gasteiger partial charge in [0, 0.05) is 16.4 Å². The number of carbonyl (C=O) groups excluding carboxylic acids is 1. The predicted molar refractivity (Wildman–Crippen MR) is 76.1 cm³/mol. The maximum absolute atomic E-state index is 12.1. The Bertz CT molecular complexity index is 601. The third-order valence-corrected chi connectivity index (χ3v) is 3.18. The van der Waals surface area contributed by atoms with E-state index >= 15 is 0 Å². The van der Waals surface area contributed by atoms with Crippen LogP contribution in [0.25, 0.3) is 0 Å². The van der Waals surface area contributed by atoms with Gasteiger partial charge in [-0.15, -0.1) is 0 Å². The second-order valence-electron chi connectivity index (χ2n) is 3.76. The van der Waals surface area contributed by atoms with Crippen LogP contribution in [0.5, 0.6) is 0 Å². The molecule has 0 aliphatic rings. The van der Waals surface area contributed by atoms with Gasteiger partial charge >= 0.3 is 0 Å². The molecule has 0 saturated heterocycles. The van der Waals surface area contributed by atoms with Crippen LogP contribution in [-0.4, -0.2) is 10.9 Å². The van der Waals surface area contributed by atoms with Crippen molar-refractivity contribution in [2.45, 2.75) is 6.92 Å². The summed E-state index contributed by atoms with van der Waals surface area (Å²) in [7, 11) is 0. The molecule has 5 heteroatoms. The van der Waals surface area contributed by atoms with Gasteiger partial charge in [0.2, 0.25) is 0 Å². The van der Waals surface area contributed by atoms with E-state index in [9.17, 15) is 4.79 Å². The summed E-state index contributed by atoms with van der Waals surface area (Å²) in [5.74, 6) is -0.275. The normalized spacial score (nSPS) is 10.2. The summed E-state index contributed by atoms with van der Waals surface area (Å²) in [5.41, 5.74) is 2.10. The lowest BCUT2D eigenvalue weighted by Crippen LogP contribution is -2.13. The van der Waals surface area contributed by atoms with Gasteiger partial charge in [0.15, 0.2) is 0 Å². The van der Waals surface area contributed by atoms with E-state index in [1.54, 1.807) is 12.3 Å². The highest BCUT2D eigenvalue weighted by atomic mass is 79.9. The molecule has 1 aromatic carbocycles. The summed E-state index contributed by atoms with van der Waals surface area (Å²) in [5, 5.41) is 2.99. The largest absolute Gasteiger partial charge is 0.322 e. The highest BCUT2D eigenvalue weighted by Gasteiger charge is 2.12. The van der Waals surface area contributed by atoms with Crippen molar-refractivity contribution in [1.82, 2.24) is 4.98 Å². The number of hydrogen-bond donors (Lipinski definition) is 1. The predicted octanol–water partition coefficient (Wildman–Crippen LogP) is 4.06. The second kappa shape index (κ2) is 5.50. The molecule has 0 fully saturated rings. The molecule has 1 N–H and O–H groups in total. The van der Waals surface area contributed by atoms with Gasteiger partial charge < -0.3 is 5.32 Å². The average Bonchev–Trinajstić information content (AvgIpc) is 2.35. The van der Waals surface area contributed by atoms with Crippen molar-refractivity contribution in [2.75, 3.05) is 5.32 Å². The molecular weight excluding hydrogens is 316 g/mol. The van der Waals surface area contributed by atoms with Crippen LogP contribution in [0, 0.1) is 6.92 Å². The highest BCUT2D eigenvalue weighted by Crippen LogP contribution is 2.20. The minimum atomic E-state index is -0.275. The Balaban J connectivity index is 2.28. The average molecular weight is 326 g/mol. The van der Waals surface area contributed by atoms with E-state index in [0.717, 1.165) is 11.3 Å². The topological polar surface area (TPSA) is 42.0 Å². The van der Waals surface area contributed by atoms with Gasteiger partial charge in [0.1, 0.15) is 5.15 Å². The zero-order valence-electron chi connectivity index (χ0n) is 9.58. The summed E-state index contributed by atoms with van der Waals surface area (Å²) in [6, 6.07) is 9.19. The summed E-state index contributed by atoms with van der Waals surface area (Å²) < 4.78 is 0.710. The number of nitrogens with zero attached hydrogens (tertiary/aromatic N) is 1. The van der Waals surface area contributed by atoms with Crippen LogP contribution >= 0.6 is 27.5 Å². The maximum Gasteiger partial charge on any atom is 0.258 e. The summed E-state index contributed by atoms with van der Waals surface area (Å²) in [4.78, 5) is 16.0. The molecule has 0 aliphatic heterocycles. The van der Waals surface area contributed by atoms with Crippen molar-refractivity contribution >= 4 is 39.1 Å². The number of pyridine rings is 1. The van der Waals surface area contributed by atoms with Gasteiger partial charge in [-0.05, 0) is 40.5 Å². The number of rotatable bonds is 2. The Labute approximate surface area is 118 Å². The number of aryl methyl sites for hydroxylation is 1. The minimum absolute atomic E-state index is 0.185. The Kier molecular flexibility index (Phi) is 3.99. The number of carbonyl (C=O) groups is 1. The molecule has 0 spiro atoms. The molecule has 0 aliphatic carbocycles. The maximum atomic E-state index is 12.1. The lowest BCUT2D eigenvalue weighted by Gasteiger charge is -2.08. The van der Waals surface area contributed by atoms with Crippen molar-refractivity contribution in [3.8, 4) is 0 Å². The zero-order chi connectivity index (χ0) is 13.1. The molecule has 18 heavy (non-hydrogen) atoms. The lowest BCUT2D eigenvalue weighted by atomic mass is 10.2. The first-order valence-electron chi connectivity index (χ1n) is 5.26. The number of aromatic nitrogens is 1. The van der Waals surface area contributed by atoms with E-state index in [4.69, 9.17) is 11.6 Å². The quantitative estimate of drug-likeness (QED) is 0.846. The van der Waals surface area contributed by atoms with Crippen molar-refractivity contribution in [3.05, 3.63) is 57.3 Å². The van der Waals surface area contributed by atoms with E-state index in [2.05, 4.69) is 26.2 Å². The van der Waals surface area contributed by atoms with Gasteiger partial charge in [0.25, 0.3) is 5.91 Å². The van der Waals surface area contributed by atoms with Gasteiger partial charge in [-0.1, -0.05) is 29.8 Å². The van der Waals surface area contributed by atoms with E-state index < -0.39 is 0 Å². The number of anilines is 1. The molecule has 2 aromatic rings. The van der Waals surface area contributed by atoms with Crippen LogP contribution in [0.3, 0.4) is 0 Å². The smallest absolute Gasteiger partial charge is 0.258 e. The molecule has 1 amide bonds. The number of amides is 1. The zero-order valence-corrected chi connectivity index (χ0v) is 11.9. The second-order valence-corrected chi connectivity index (χ2v) is 5.03. The third-order valence-electron chi connectivity index (χ3n) is 2.44. The molecule has 0 radical (unpaired) electrons. The summed E-state index contributed by atoms with van der Waals surface area (Å²) in [6.07, 6.45) is 1.55. The molecule has 2 rings (SSSR count). The standard InChI is InChI=1S/C13H10BrClN2O/c1-8-4-2-3-5-11(8)17-13(18)10-6-9(14)7-16-12(10)15/h2-7H,1H3,(H,17,18).